The van der Waals surface area contributed by atoms with Crippen molar-refractivity contribution in [3.63, 3.8) is 0 Å². The third kappa shape index (κ3) is 5.25. The molecule has 28 heavy (non-hydrogen) atoms. The van der Waals surface area contributed by atoms with E-state index in [-0.39, 0.29) is 11.2 Å². The number of ketones is 1. The van der Waals surface area contributed by atoms with E-state index in [0.717, 1.165) is 27.9 Å². The third-order valence-corrected chi connectivity index (χ3v) is 5.51. The van der Waals surface area contributed by atoms with Gasteiger partial charge in [0.05, 0.1) is 11.8 Å². The summed E-state index contributed by atoms with van der Waals surface area (Å²) in [6.07, 6.45) is 5.29. The van der Waals surface area contributed by atoms with Gasteiger partial charge in [0.1, 0.15) is 5.76 Å². The zero-order valence-corrected chi connectivity index (χ0v) is 18.8. The lowest BCUT2D eigenvalue weighted by Crippen LogP contribution is -2.21. The summed E-state index contributed by atoms with van der Waals surface area (Å²) in [5.74, 6) is 2.38. The lowest BCUT2D eigenvalue weighted by Gasteiger charge is -2.24. The summed E-state index contributed by atoms with van der Waals surface area (Å²) in [7, 11) is 0. The zero-order valence-electron chi connectivity index (χ0n) is 18.0. The summed E-state index contributed by atoms with van der Waals surface area (Å²) in [6, 6.07) is 1.90. The van der Waals surface area contributed by atoms with Gasteiger partial charge in [0.15, 0.2) is 16.8 Å². The van der Waals surface area contributed by atoms with Gasteiger partial charge in [0.2, 0.25) is 0 Å². The molecule has 2 heterocycles. The zero-order chi connectivity index (χ0) is 21.1. The number of hydrogen-bond acceptors (Lipinski definition) is 5. The van der Waals surface area contributed by atoms with E-state index in [4.69, 9.17) is 4.42 Å². The maximum atomic E-state index is 12.6. The molecule has 2 aromatic rings. The van der Waals surface area contributed by atoms with Gasteiger partial charge in [0, 0.05) is 17.7 Å². The van der Waals surface area contributed by atoms with Crippen molar-refractivity contribution >= 4 is 17.5 Å². The van der Waals surface area contributed by atoms with Crippen LogP contribution in [0.15, 0.2) is 46.2 Å². The van der Waals surface area contributed by atoms with Crippen molar-refractivity contribution in [2.75, 3.05) is 5.75 Å². The highest BCUT2D eigenvalue weighted by Crippen LogP contribution is 2.33. The van der Waals surface area contributed by atoms with Gasteiger partial charge in [-0.05, 0) is 24.5 Å². The summed E-state index contributed by atoms with van der Waals surface area (Å²) in [5.41, 5.74) is 1.51. The van der Waals surface area contributed by atoms with Gasteiger partial charge in [-0.2, -0.15) is 0 Å². The van der Waals surface area contributed by atoms with Gasteiger partial charge in [0.25, 0.3) is 0 Å². The van der Waals surface area contributed by atoms with Crippen molar-refractivity contribution in [2.45, 2.75) is 60.2 Å². The Balaban J connectivity index is 2.32. The third-order valence-electron chi connectivity index (χ3n) is 4.49. The number of hydrogen-bond donors (Lipinski definition) is 0. The van der Waals surface area contributed by atoms with Crippen LogP contribution in [0.4, 0.5) is 0 Å². The van der Waals surface area contributed by atoms with E-state index < -0.39 is 5.41 Å². The molecule has 2 aromatic heterocycles. The van der Waals surface area contributed by atoms with Crippen LogP contribution in [0.3, 0.4) is 0 Å². The average Bonchev–Trinajstić information content (AvgIpc) is 3.15. The fourth-order valence-corrected chi connectivity index (χ4v) is 3.71. The monoisotopic (exact) mass is 401 g/mol. The predicted molar refractivity (Wildman–Crippen MR) is 115 cm³/mol. The molecule has 0 N–H and O–H groups in total. The van der Waals surface area contributed by atoms with Crippen molar-refractivity contribution in [1.29, 1.82) is 0 Å². The molecular formula is C22H31N3O2S. The molecule has 0 bridgehead atoms. The Morgan fingerprint density at radius 1 is 1.21 bits per heavy atom. The molecule has 0 aromatic carbocycles. The van der Waals surface area contributed by atoms with Crippen LogP contribution in [0.5, 0.6) is 0 Å². The van der Waals surface area contributed by atoms with Crippen LogP contribution in [-0.2, 0) is 11.3 Å². The minimum absolute atomic E-state index is 0.110. The Labute approximate surface area is 172 Å². The molecule has 5 nitrogen and oxygen atoms in total. The molecule has 0 aliphatic carbocycles. The smallest absolute Gasteiger partial charge is 0.192 e. The molecule has 2 rings (SSSR count). The van der Waals surface area contributed by atoms with Gasteiger partial charge >= 0.3 is 0 Å². The van der Waals surface area contributed by atoms with Crippen molar-refractivity contribution in [1.82, 2.24) is 14.8 Å². The second-order valence-electron chi connectivity index (χ2n) is 8.92. The van der Waals surface area contributed by atoms with Crippen molar-refractivity contribution in [2.24, 2.45) is 10.8 Å². The van der Waals surface area contributed by atoms with Crippen LogP contribution < -0.4 is 0 Å². The molecule has 0 aliphatic heterocycles. The average molecular weight is 402 g/mol. The lowest BCUT2D eigenvalue weighted by atomic mass is 9.83. The molecule has 0 saturated heterocycles. The number of aromatic nitrogens is 3. The normalized spacial score (nSPS) is 13.0. The number of furan rings is 1. The molecule has 0 atom stereocenters. The van der Waals surface area contributed by atoms with E-state index in [1.807, 2.05) is 50.5 Å². The Kier molecular flexibility index (Phi) is 6.75. The molecule has 0 aliphatic rings. The van der Waals surface area contributed by atoms with Gasteiger partial charge in [-0.3, -0.25) is 9.36 Å². The Hall–Kier alpha value is -2.08. The predicted octanol–water partition coefficient (Wildman–Crippen LogP) is 5.71. The van der Waals surface area contributed by atoms with Crippen LogP contribution in [0.1, 0.15) is 47.3 Å². The molecule has 0 spiro atoms. The van der Waals surface area contributed by atoms with Gasteiger partial charge in [-0.15, -0.1) is 16.8 Å². The van der Waals surface area contributed by atoms with E-state index in [1.165, 1.54) is 0 Å². The molecule has 0 radical (unpaired) electrons. The van der Waals surface area contributed by atoms with E-state index in [9.17, 15) is 4.79 Å². The first kappa shape index (κ1) is 22.2. The van der Waals surface area contributed by atoms with Crippen LogP contribution in [0.25, 0.3) is 11.4 Å². The first-order valence-electron chi connectivity index (χ1n) is 9.42. The summed E-state index contributed by atoms with van der Waals surface area (Å²) in [6.45, 7) is 18.6. The maximum Gasteiger partial charge on any atom is 0.192 e. The van der Waals surface area contributed by atoms with E-state index >= 15 is 0 Å². The van der Waals surface area contributed by atoms with Crippen molar-refractivity contribution < 1.29 is 9.21 Å². The maximum absolute atomic E-state index is 12.6. The molecule has 0 fully saturated rings. The van der Waals surface area contributed by atoms with E-state index in [0.29, 0.717) is 12.3 Å². The molecular weight excluding hydrogens is 370 g/mol. The quantitative estimate of drug-likeness (QED) is 0.338. The van der Waals surface area contributed by atoms with Gasteiger partial charge in [-0.1, -0.05) is 65.0 Å². The second kappa shape index (κ2) is 8.52. The summed E-state index contributed by atoms with van der Waals surface area (Å²) >= 11 is 1.59. The SMILES string of the molecule is C=CCn1c(SC/C(=C/C(=O)C(C)(C)C)C(C)(C)C)nnc1-c1ccoc1C. The summed E-state index contributed by atoms with van der Waals surface area (Å²) in [4.78, 5) is 12.6. The van der Waals surface area contributed by atoms with E-state index in [2.05, 4.69) is 37.5 Å². The van der Waals surface area contributed by atoms with Gasteiger partial charge in [-0.25, -0.2) is 0 Å². The first-order chi connectivity index (χ1) is 12.9. The number of aryl methyl sites for hydroxylation is 1. The molecule has 0 unspecified atom stereocenters. The largest absolute Gasteiger partial charge is 0.469 e. The Morgan fingerprint density at radius 2 is 1.89 bits per heavy atom. The van der Waals surface area contributed by atoms with Crippen molar-refractivity contribution in [3.05, 3.63) is 42.4 Å². The number of carbonyl (C=O) groups is 1. The fourth-order valence-electron chi connectivity index (χ4n) is 2.50. The topological polar surface area (TPSA) is 60.9 Å². The summed E-state index contributed by atoms with van der Waals surface area (Å²) in [5, 5.41) is 9.56. The van der Waals surface area contributed by atoms with Gasteiger partial charge < -0.3 is 4.42 Å². The van der Waals surface area contributed by atoms with E-state index in [1.54, 1.807) is 18.0 Å². The lowest BCUT2D eigenvalue weighted by molar-refractivity contribution is -0.121. The van der Waals surface area contributed by atoms with Crippen LogP contribution in [0.2, 0.25) is 0 Å². The highest BCUT2D eigenvalue weighted by Gasteiger charge is 2.25. The minimum Gasteiger partial charge on any atom is -0.469 e. The second-order valence-corrected chi connectivity index (χ2v) is 9.86. The number of rotatable bonds is 7. The number of carbonyl (C=O) groups excluding carboxylic acids is 1. The van der Waals surface area contributed by atoms with Crippen LogP contribution in [-0.4, -0.2) is 26.3 Å². The summed E-state index contributed by atoms with van der Waals surface area (Å²) < 4.78 is 7.45. The molecule has 152 valence electrons. The fraction of sp³-hybridized carbons (Fsp3) is 0.500. The number of allylic oxidation sites excluding steroid dienone is 2. The van der Waals surface area contributed by atoms with Crippen LogP contribution in [0, 0.1) is 17.8 Å². The number of thioether (sulfide) groups is 1. The Morgan fingerprint density at radius 3 is 2.39 bits per heavy atom. The highest BCUT2D eigenvalue weighted by atomic mass is 32.2. The first-order valence-corrected chi connectivity index (χ1v) is 10.4. The highest BCUT2D eigenvalue weighted by molar-refractivity contribution is 7.99. The van der Waals surface area contributed by atoms with Crippen LogP contribution >= 0.6 is 11.8 Å². The Bertz CT molecular complexity index is 876. The molecule has 0 amide bonds. The minimum atomic E-state index is -0.393. The number of nitrogens with zero attached hydrogens (tertiary/aromatic N) is 3. The molecule has 0 saturated carbocycles. The standard InChI is InChI=1S/C22H31N3O2S/c1-9-11-25-19(17-10-12-27-15(17)2)23-24-20(25)28-14-16(21(3,4)5)13-18(26)22(6,7)8/h9-10,12-13H,1,11,14H2,2-8H3/b16-13-. The van der Waals surface area contributed by atoms with Crippen molar-refractivity contribution in [3.8, 4) is 11.4 Å². The molecule has 6 heteroatoms.